The highest BCUT2D eigenvalue weighted by Gasteiger charge is 2.28. The third kappa shape index (κ3) is 8.10. The molecule has 8 nitrogen and oxygen atoms in total. The summed E-state index contributed by atoms with van der Waals surface area (Å²) in [6.07, 6.45) is 3.64. The molecule has 1 N–H and O–H groups in total. The van der Waals surface area contributed by atoms with Crippen molar-refractivity contribution < 1.29 is 24.2 Å². The van der Waals surface area contributed by atoms with Gasteiger partial charge in [-0.1, -0.05) is 19.8 Å². The molecule has 0 saturated carbocycles. The summed E-state index contributed by atoms with van der Waals surface area (Å²) in [4.78, 5) is 31.6. The molecule has 168 valence electrons. The lowest BCUT2D eigenvalue weighted by atomic mass is 9.96. The molecule has 0 bridgehead atoms. The number of aliphatic hydroxyl groups excluding tert-OH is 1. The molecule has 2 atom stereocenters. The predicted molar refractivity (Wildman–Crippen MR) is 111 cm³/mol. The van der Waals surface area contributed by atoms with E-state index in [1.807, 2.05) is 14.7 Å². The number of carbonyl (C=O) groups is 2. The van der Waals surface area contributed by atoms with Crippen LogP contribution in [0.4, 0.5) is 4.79 Å². The Bertz CT molecular complexity index is 491. The Kier molecular flexibility index (Phi) is 10.7. The van der Waals surface area contributed by atoms with Gasteiger partial charge in [0, 0.05) is 45.2 Å². The Morgan fingerprint density at radius 3 is 2.03 bits per heavy atom. The third-order valence-electron chi connectivity index (χ3n) is 5.69. The van der Waals surface area contributed by atoms with Crippen LogP contribution in [0.25, 0.3) is 0 Å². The summed E-state index contributed by atoms with van der Waals surface area (Å²) in [7, 11) is 0. The SMILES string of the molecule is CCCCC(CCN(CCC(C)O)C(=O)N1CCOCC1)C(=O)N1CCOCC1. The fourth-order valence-corrected chi connectivity index (χ4v) is 3.80. The van der Waals surface area contributed by atoms with E-state index in [1.165, 1.54) is 0 Å². The van der Waals surface area contributed by atoms with Crippen molar-refractivity contribution in [1.82, 2.24) is 14.7 Å². The number of aliphatic hydroxyl groups is 1. The normalized spacial score (nSPS) is 19.7. The van der Waals surface area contributed by atoms with E-state index < -0.39 is 6.10 Å². The van der Waals surface area contributed by atoms with E-state index >= 15 is 0 Å². The number of carbonyl (C=O) groups excluding carboxylic acids is 2. The van der Waals surface area contributed by atoms with Gasteiger partial charge in [-0.25, -0.2) is 4.79 Å². The topological polar surface area (TPSA) is 82.6 Å². The molecular formula is C21H39N3O5. The van der Waals surface area contributed by atoms with Crippen molar-refractivity contribution in [2.24, 2.45) is 5.92 Å². The maximum absolute atomic E-state index is 13.1. The lowest BCUT2D eigenvalue weighted by molar-refractivity contribution is -0.140. The van der Waals surface area contributed by atoms with Crippen LogP contribution in [0.5, 0.6) is 0 Å². The van der Waals surface area contributed by atoms with E-state index in [9.17, 15) is 14.7 Å². The summed E-state index contributed by atoms with van der Waals surface area (Å²) in [5.74, 6) is 0.121. The van der Waals surface area contributed by atoms with Gasteiger partial charge in [0.2, 0.25) is 5.91 Å². The van der Waals surface area contributed by atoms with Crippen molar-refractivity contribution >= 4 is 11.9 Å². The second-order valence-corrected chi connectivity index (χ2v) is 8.07. The summed E-state index contributed by atoms with van der Waals surface area (Å²) in [6.45, 7) is 9.72. The highest BCUT2D eigenvalue weighted by Crippen LogP contribution is 2.19. The number of hydrogen-bond donors (Lipinski definition) is 1. The minimum absolute atomic E-state index is 0.0120. The minimum Gasteiger partial charge on any atom is -0.393 e. The molecule has 2 saturated heterocycles. The second kappa shape index (κ2) is 13.0. The van der Waals surface area contributed by atoms with Gasteiger partial charge >= 0.3 is 6.03 Å². The molecule has 0 spiro atoms. The Labute approximate surface area is 175 Å². The molecule has 2 unspecified atom stereocenters. The Balaban J connectivity index is 1.98. The number of morpholine rings is 2. The van der Waals surface area contributed by atoms with Gasteiger partial charge in [0.1, 0.15) is 0 Å². The number of nitrogens with zero attached hydrogens (tertiary/aromatic N) is 3. The Morgan fingerprint density at radius 1 is 0.931 bits per heavy atom. The Hall–Kier alpha value is -1.38. The largest absolute Gasteiger partial charge is 0.393 e. The molecule has 2 heterocycles. The highest BCUT2D eigenvalue weighted by molar-refractivity contribution is 5.79. The standard InChI is InChI=1S/C21H39N3O5/c1-3-4-5-19(20(26)22-10-14-28-15-11-22)7-9-23(8-6-18(2)25)21(27)24-12-16-29-17-13-24/h18-19,25H,3-17H2,1-2H3. The number of amides is 3. The maximum atomic E-state index is 13.1. The Morgan fingerprint density at radius 2 is 1.48 bits per heavy atom. The van der Waals surface area contributed by atoms with Crippen molar-refractivity contribution in [2.75, 3.05) is 65.7 Å². The molecule has 0 aromatic heterocycles. The lowest BCUT2D eigenvalue weighted by Crippen LogP contribution is -2.49. The summed E-state index contributed by atoms with van der Waals surface area (Å²) >= 11 is 0. The molecule has 2 fully saturated rings. The predicted octanol–water partition coefficient (Wildman–Crippen LogP) is 1.57. The number of ether oxygens (including phenoxy) is 2. The van der Waals surface area contributed by atoms with E-state index in [2.05, 4.69) is 6.92 Å². The summed E-state index contributed by atoms with van der Waals surface area (Å²) in [6, 6.07) is -0.0120. The van der Waals surface area contributed by atoms with Gasteiger partial charge in [-0.05, 0) is 26.2 Å². The van der Waals surface area contributed by atoms with Crippen molar-refractivity contribution in [3.05, 3.63) is 0 Å². The first-order chi connectivity index (χ1) is 14.0. The second-order valence-electron chi connectivity index (χ2n) is 8.07. The van der Waals surface area contributed by atoms with Crippen molar-refractivity contribution in [3.8, 4) is 0 Å². The first-order valence-corrected chi connectivity index (χ1v) is 11.2. The molecule has 0 aliphatic carbocycles. The van der Waals surface area contributed by atoms with Gasteiger partial charge in [-0.3, -0.25) is 4.79 Å². The average molecular weight is 414 g/mol. The van der Waals surface area contributed by atoms with E-state index in [4.69, 9.17) is 9.47 Å². The molecule has 2 rings (SSSR count). The van der Waals surface area contributed by atoms with Crippen LogP contribution in [-0.4, -0.2) is 104 Å². The van der Waals surface area contributed by atoms with Gasteiger partial charge in [-0.2, -0.15) is 0 Å². The maximum Gasteiger partial charge on any atom is 0.320 e. The summed E-state index contributed by atoms with van der Waals surface area (Å²) in [5.41, 5.74) is 0. The fraction of sp³-hybridized carbons (Fsp3) is 0.905. The molecule has 8 heteroatoms. The molecule has 29 heavy (non-hydrogen) atoms. The van der Waals surface area contributed by atoms with Crippen LogP contribution < -0.4 is 0 Å². The molecular weight excluding hydrogens is 374 g/mol. The van der Waals surface area contributed by atoms with Crippen LogP contribution in [-0.2, 0) is 14.3 Å². The van der Waals surface area contributed by atoms with Gasteiger partial charge in [0.15, 0.2) is 0 Å². The van der Waals surface area contributed by atoms with Crippen LogP contribution in [0.1, 0.15) is 46.0 Å². The van der Waals surface area contributed by atoms with E-state index in [1.54, 1.807) is 6.92 Å². The highest BCUT2D eigenvalue weighted by atomic mass is 16.5. The van der Waals surface area contributed by atoms with E-state index in [0.717, 1.165) is 19.3 Å². The van der Waals surface area contributed by atoms with Crippen molar-refractivity contribution in [2.45, 2.75) is 52.1 Å². The quantitative estimate of drug-likeness (QED) is 0.588. The zero-order chi connectivity index (χ0) is 21.1. The first kappa shape index (κ1) is 23.9. The zero-order valence-corrected chi connectivity index (χ0v) is 18.2. The molecule has 0 aromatic carbocycles. The minimum atomic E-state index is -0.458. The fourth-order valence-electron chi connectivity index (χ4n) is 3.80. The molecule has 0 aromatic rings. The molecule has 3 amide bonds. The summed E-state index contributed by atoms with van der Waals surface area (Å²) in [5, 5.41) is 9.70. The van der Waals surface area contributed by atoms with Gasteiger partial charge < -0.3 is 29.3 Å². The van der Waals surface area contributed by atoms with Crippen LogP contribution in [0, 0.1) is 5.92 Å². The number of rotatable bonds is 10. The monoisotopic (exact) mass is 413 g/mol. The molecule has 2 aliphatic heterocycles. The van der Waals surface area contributed by atoms with Gasteiger partial charge in [0.25, 0.3) is 0 Å². The van der Waals surface area contributed by atoms with Crippen molar-refractivity contribution in [1.29, 1.82) is 0 Å². The van der Waals surface area contributed by atoms with Crippen LogP contribution in [0.2, 0.25) is 0 Å². The number of unbranched alkanes of at least 4 members (excludes halogenated alkanes) is 1. The third-order valence-corrected chi connectivity index (χ3v) is 5.69. The van der Waals surface area contributed by atoms with Crippen LogP contribution in [0.3, 0.4) is 0 Å². The van der Waals surface area contributed by atoms with Gasteiger partial charge in [0.05, 0.1) is 32.5 Å². The zero-order valence-electron chi connectivity index (χ0n) is 18.2. The number of hydrogen-bond acceptors (Lipinski definition) is 5. The van der Waals surface area contributed by atoms with Crippen LogP contribution >= 0.6 is 0 Å². The lowest BCUT2D eigenvalue weighted by Gasteiger charge is -2.35. The smallest absolute Gasteiger partial charge is 0.320 e. The number of urea groups is 1. The average Bonchev–Trinajstić information content (AvgIpc) is 2.76. The first-order valence-electron chi connectivity index (χ1n) is 11.2. The van der Waals surface area contributed by atoms with Gasteiger partial charge in [-0.15, -0.1) is 0 Å². The van der Waals surface area contributed by atoms with Crippen LogP contribution in [0.15, 0.2) is 0 Å². The van der Waals surface area contributed by atoms with E-state index in [0.29, 0.717) is 78.5 Å². The molecule has 0 radical (unpaired) electrons. The summed E-state index contributed by atoms with van der Waals surface area (Å²) < 4.78 is 10.7. The molecule has 2 aliphatic rings. The van der Waals surface area contributed by atoms with Crippen molar-refractivity contribution in [3.63, 3.8) is 0 Å². The van der Waals surface area contributed by atoms with E-state index in [-0.39, 0.29) is 17.9 Å².